The fourth-order valence-corrected chi connectivity index (χ4v) is 2.31. The molecule has 3 heteroatoms. The number of rotatable bonds is 3. The van der Waals surface area contributed by atoms with Gasteiger partial charge in [0.1, 0.15) is 5.58 Å². The first kappa shape index (κ1) is 12.5. The maximum Gasteiger partial charge on any atom is 0.307 e. The van der Waals surface area contributed by atoms with Crippen molar-refractivity contribution in [3.63, 3.8) is 0 Å². The summed E-state index contributed by atoms with van der Waals surface area (Å²) in [5.74, 6) is -0.838. The molecule has 1 aromatic heterocycles. The SMILES string of the molecule is Cc1ccc(-c2coc3cc(CC(=O)O)ccc23)cc1. The zero-order chi connectivity index (χ0) is 14.1. The van der Waals surface area contributed by atoms with Gasteiger partial charge in [0.05, 0.1) is 12.7 Å². The van der Waals surface area contributed by atoms with E-state index in [9.17, 15) is 4.79 Å². The first-order valence-corrected chi connectivity index (χ1v) is 6.42. The van der Waals surface area contributed by atoms with E-state index in [-0.39, 0.29) is 6.42 Å². The topological polar surface area (TPSA) is 50.4 Å². The van der Waals surface area contributed by atoms with Gasteiger partial charge in [0, 0.05) is 10.9 Å². The van der Waals surface area contributed by atoms with Gasteiger partial charge in [-0.15, -0.1) is 0 Å². The van der Waals surface area contributed by atoms with Crippen LogP contribution in [-0.2, 0) is 11.2 Å². The molecule has 0 aliphatic rings. The number of aliphatic carboxylic acids is 1. The Morgan fingerprint density at radius 3 is 2.60 bits per heavy atom. The van der Waals surface area contributed by atoms with Crippen molar-refractivity contribution >= 4 is 16.9 Å². The van der Waals surface area contributed by atoms with E-state index in [1.165, 1.54) is 5.56 Å². The predicted octanol–water partition coefficient (Wildman–Crippen LogP) is 4.04. The maximum atomic E-state index is 10.7. The van der Waals surface area contributed by atoms with Crippen molar-refractivity contribution in [3.05, 3.63) is 59.9 Å². The molecule has 0 atom stereocenters. The van der Waals surface area contributed by atoms with Crippen molar-refractivity contribution in [2.24, 2.45) is 0 Å². The second-order valence-corrected chi connectivity index (χ2v) is 4.92. The first-order chi connectivity index (χ1) is 9.63. The zero-order valence-corrected chi connectivity index (χ0v) is 11.1. The Morgan fingerprint density at radius 1 is 1.15 bits per heavy atom. The highest BCUT2D eigenvalue weighted by atomic mass is 16.4. The number of carboxylic acid groups (broad SMARTS) is 1. The lowest BCUT2D eigenvalue weighted by atomic mass is 10.0. The van der Waals surface area contributed by atoms with Crippen molar-refractivity contribution in [2.75, 3.05) is 0 Å². The van der Waals surface area contributed by atoms with E-state index in [0.29, 0.717) is 0 Å². The Morgan fingerprint density at radius 2 is 1.90 bits per heavy atom. The van der Waals surface area contributed by atoms with Crippen molar-refractivity contribution in [1.82, 2.24) is 0 Å². The average Bonchev–Trinajstić information content (AvgIpc) is 2.82. The predicted molar refractivity (Wildman–Crippen MR) is 77.7 cm³/mol. The van der Waals surface area contributed by atoms with Crippen molar-refractivity contribution in [2.45, 2.75) is 13.3 Å². The van der Waals surface area contributed by atoms with Crippen molar-refractivity contribution in [1.29, 1.82) is 0 Å². The van der Waals surface area contributed by atoms with Gasteiger partial charge < -0.3 is 9.52 Å². The van der Waals surface area contributed by atoms with Gasteiger partial charge in [-0.1, -0.05) is 42.0 Å². The van der Waals surface area contributed by atoms with Gasteiger partial charge in [-0.25, -0.2) is 0 Å². The molecule has 0 radical (unpaired) electrons. The minimum absolute atomic E-state index is 0.0104. The Balaban J connectivity index is 2.05. The van der Waals surface area contributed by atoms with Gasteiger partial charge >= 0.3 is 5.97 Å². The molecule has 0 unspecified atom stereocenters. The molecule has 1 heterocycles. The van der Waals surface area contributed by atoms with Gasteiger partial charge in [0.2, 0.25) is 0 Å². The molecule has 0 amide bonds. The second kappa shape index (κ2) is 4.85. The lowest BCUT2D eigenvalue weighted by Gasteiger charge is -2.00. The normalized spacial score (nSPS) is 10.8. The molecule has 0 saturated heterocycles. The van der Waals surface area contributed by atoms with E-state index in [4.69, 9.17) is 9.52 Å². The summed E-state index contributed by atoms with van der Waals surface area (Å²) in [5, 5.41) is 9.82. The van der Waals surface area contributed by atoms with Crippen molar-refractivity contribution < 1.29 is 14.3 Å². The van der Waals surface area contributed by atoms with Gasteiger partial charge in [0.25, 0.3) is 0 Å². The molecule has 0 saturated carbocycles. The molecule has 100 valence electrons. The van der Waals surface area contributed by atoms with Gasteiger partial charge in [-0.2, -0.15) is 0 Å². The van der Waals surface area contributed by atoms with E-state index >= 15 is 0 Å². The van der Waals surface area contributed by atoms with Crippen LogP contribution in [0.1, 0.15) is 11.1 Å². The van der Waals surface area contributed by atoms with Gasteiger partial charge in [-0.05, 0) is 24.1 Å². The Labute approximate surface area is 116 Å². The van der Waals surface area contributed by atoms with Crippen LogP contribution in [0.4, 0.5) is 0 Å². The summed E-state index contributed by atoms with van der Waals surface area (Å²) in [4.78, 5) is 10.7. The number of carboxylic acids is 1. The van der Waals surface area contributed by atoms with Crippen LogP contribution < -0.4 is 0 Å². The molecule has 3 nitrogen and oxygen atoms in total. The third-order valence-electron chi connectivity index (χ3n) is 3.36. The maximum absolute atomic E-state index is 10.7. The molecule has 0 spiro atoms. The van der Waals surface area contributed by atoms with Crippen LogP contribution in [0.5, 0.6) is 0 Å². The highest BCUT2D eigenvalue weighted by molar-refractivity contribution is 5.94. The minimum Gasteiger partial charge on any atom is -0.481 e. The molecule has 0 bridgehead atoms. The van der Waals surface area contributed by atoms with Crippen LogP contribution in [-0.4, -0.2) is 11.1 Å². The number of carbonyl (C=O) groups is 1. The molecular formula is C17H14O3. The molecule has 0 fully saturated rings. The Bertz CT molecular complexity index is 767. The summed E-state index contributed by atoms with van der Waals surface area (Å²) >= 11 is 0. The van der Waals surface area contributed by atoms with Gasteiger partial charge in [0.15, 0.2) is 0 Å². The number of fused-ring (bicyclic) bond motifs is 1. The number of benzene rings is 2. The van der Waals surface area contributed by atoms with E-state index in [1.807, 2.05) is 12.1 Å². The number of aryl methyl sites for hydroxylation is 1. The van der Waals surface area contributed by atoms with Crippen molar-refractivity contribution in [3.8, 4) is 11.1 Å². The molecule has 3 aromatic rings. The fourth-order valence-electron chi connectivity index (χ4n) is 2.31. The quantitative estimate of drug-likeness (QED) is 0.778. The summed E-state index contributed by atoms with van der Waals surface area (Å²) in [6.07, 6.45) is 1.73. The van der Waals surface area contributed by atoms with E-state index in [0.717, 1.165) is 27.7 Å². The lowest BCUT2D eigenvalue weighted by molar-refractivity contribution is -0.136. The molecular weight excluding hydrogens is 252 g/mol. The summed E-state index contributed by atoms with van der Waals surface area (Å²) in [6, 6.07) is 13.8. The standard InChI is InChI=1S/C17H14O3/c1-11-2-5-13(6-3-11)15-10-20-16-8-12(9-17(18)19)4-7-14(15)16/h2-8,10H,9H2,1H3,(H,18,19). The van der Waals surface area contributed by atoms with Crippen LogP contribution in [0.25, 0.3) is 22.1 Å². The highest BCUT2D eigenvalue weighted by Crippen LogP contribution is 2.31. The largest absolute Gasteiger partial charge is 0.481 e. The van der Waals surface area contributed by atoms with Gasteiger partial charge in [-0.3, -0.25) is 4.79 Å². The molecule has 2 aromatic carbocycles. The lowest BCUT2D eigenvalue weighted by Crippen LogP contribution is -1.99. The number of furan rings is 1. The monoisotopic (exact) mass is 266 g/mol. The van der Waals surface area contributed by atoms with Crippen LogP contribution >= 0.6 is 0 Å². The fraction of sp³-hybridized carbons (Fsp3) is 0.118. The zero-order valence-electron chi connectivity index (χ0n) is 11.1. The summed E-state index contributed by atoms with van der Waals surface area (Å²) in [5.41, 5.74) is 4.81. The van der Waals surface area contributed by atoms with Crippen LogP contribution in [0.3, 0.4) is 0 Å². The second-order valence-electron chi connectivity index (χ2n) is 4.92. The smallest absolute Gasteiger partial charge is 0.307 e. The Hall–Kier alpha value is -2.55. The molecule has 20 heavy (non-hydrogen) atoms. The summed E-state index contributed by atoms with van der Waals surface area (Å²) in [7, 11) is 0. The highest BCUT2D eigenvalue weighted by Gasteiger charge is 2.09. The average molecular weight is 266 g/mol. The van der Waals surface area contributed by atoms with Crippen LogP contribution in [0.2, 0.25) is 0 Å². The number of hydrogen-bond acceptors (Lipinski definition) is 2. The van der Waals surface area contributed by atoms with Crippen LogP contribution in [0.15, 0.2) is 53.1 Å². The number of hydrogen-bond donors (Lipinski definition) is 1. The molecule has 0 aliphatic heterocycles. The Kier molecular flexibility index (Phi) is 3.03. The molecule has 0 aliphatic carbocycles. The van der Waals surface area contributed by atoms with E-state index < -0.39 is 5.97 Å². The molecule has 1 N–H and O–H groups in total. The van der Waals surface area contributed by atoms with Crippen LogP contribution in [0, 0.1) is 6.92 Å². The summed E-state index contributed by atoms with van der Waals surface area (Å²) in [6.45, 7) is 2.05. The van der Waals surface area contributed by atoms with E-state index in [1.54, 1.807) is 12.3 Å². The van der Waals surface area contributed by atoms with E-state index in [2.05, 4.69) is 31.2 Å². The third kappa shape index (κ3) is 2.30. The summed E-state index contributed by atoms with van der Waals surface area (Å²) < 4.78 is 5.56. The molecule has 3 rings (SSSR count). The first-order valence-electron chi connectivity index (χ1n) is 6.42. The third-order valence-corrected chi connectivity index (χ3v) is 3.36. The minimum atomic E-state index is -0.838.